The first kappa shape index (κ1) is 7.99. The van der Waals surface area contributed by atoms with Crippen molar-refractivity contribution >= 4 is 11.3 Å². The molecule has 0 bridgehead atoms. The fourth-order valence-corrected chi connectivity index (χ4v) is 1.47. The number of aromatic nitrogens is 3. The average Bonchev–Trinajstić information content (AvgIpc) is 2.71. The normalized spacial score (nSPS) is 10.2. The third-order valence-corrected chi connectivity index (χ3v) is 2.30. The van der Waals surface area contributed by atoms with Crippen molar-refractivity contribution in [3.05, 3.63) is 16.7 Å². The largest absolute Gasteiger partial charge is 0.473 e. The lowest BCUT2D eigenvalue weighted by Gasteiger charge is -1.86. The molecule has 2 aromatic rings. The molecule has 0 unspecified atom stereocenters. The van der Waals surface area contributed by atoms with Gasteiger partial charge < -0.3 is 4.74 Å². The zero-order valence-corrected chi connectivity index (χ0v) is 7.42. The van der Waals surface area contributed by atoms with Gasteiger partial charge in [0.1, 0.15) is 0 Å². The fourth-order valence-electron chi connectivity index (χ4n) is 0.798. The van der Waals surface area contributed by atoms with Gasteiger partial charge in [0.15, 0.2) is 5.82 Å². The van der Waals surface area contributed by atoms with Crippen molar-refractivity contribution in [1.82, 2.24) is 15.1 Å². The summed E-state index contributed by atoms with van der Waals surface area (Å²) in [7, 11) is 1.52. The predicted octanol–water partition coefficient (Wildman–Crippen LogP) is 0.495. The number of ether oxygens (including phenoxy) is 1. The lowest BCUT2D eigenvalue weighted by molar-refractivity contribution is 0.388. The Morgan fingerprint density at radius 1 is 1.69 bits per heavy atom. The minimum absolute atomic E-state index is 0.366. The van der Waals surface area contributed by atoms with E-state index in [-0.39, 0.29) is 0 Å². The van der Waals surface area contributed by atoms with Crippen molar-refractivity contribution in [3.8, 4) is 15.9 Å². The molecule has 0 saturated carbocycles. The van der Waals surface area contributed by atoms with Gasteiger partial charge in [0.25, 0.3) is 5.19 Å². The molecule has 13 heavy (non-hydrogen) atoms. The van der Waals surface area contributed by atoms with Gasteiger partial charge in [-0.05, 0) is 0 Å². The summed E-state index contributed by atoms with van der Waals surface area (Å²) in [6.07, 6.45) is 1.55. The molecule has 0 aliphatic heterocycles. The highest BCUT2D eigenvalue weighted by Gasteiger charge is 2.08. The van der Waals surface area contributed by atoms with Gasteiger partial charge in [-0.2, -0.15) is 0 Å². The van der Waals surface area contributed by atoms with Crippen LogP contribution in [-0.4, -0.2) is 22.2 Å². The summed E-state index contributed by atoms with van der Waals surface area (Å²) in [5.41, 5.74) is 0. The molecule has 0 aliphatic carbocycles. The highest BCUT2D eigenvalue weighted by molar-refractivity contribution is 7.16. The molecule has 0 aromatic carbocycles. The predicted molar refractivity (Wildman–Crippen MR) is 44.8 cm³/mol. The van der Waals surface area contributed by atoms with Crippen LogP contribution in [0.3, 0.4) is 0 Å². The molecule has 2 aromatic heterocycles. The number of hydrogen-bond donors (Lipinski definition) is 1. The van der Waals surface area contributed by atoms with E-state index in [1.54, 1.807) is 6.20 Å². The Labute approximate surface area is 76.2 Å². The Morgan fingerprint density at radius 2 is 2.54 bits per heavy atom. The lowest BCUT2D eigenvalue weighted by atomic mass is 10.5. The van der Waals surface area contributed by atoms with E-state index in [4.69, 9.17) is 4.74 Å². The molecule has 2 rings (SSSR count). The van der Waals surface area contributed by atoms with Crippen LogP contribution in [0.5, 0.6) is 5.19 Å². The van der Waals surface area contributed by atoms with E-state index < -0.39 is 5.76 Å². The molecule has 2 heterocycles. The average molecular weight is 199 g/mol. The third-order valence-electron chi connectivity index (χ3n) is 1.33. The van der Waals surface area contributed by atoms with Gasteiger partial charge >= 0.3 is 5.76 Å². The van der Waals surface area contributed by atoms with E-state index in [9.17, 15) is 4.79 Å². The number of thiazole rings is 1. The molecule has 68 valence electrons. The summed E-state index contributed by atoms with van der Waals surface area (Å²) < 4.78 is 9.22. The zero-order valence-electron chi connectivity index (χ0n) is 6.60. The smallest absolute Gasteiger partial charge is 0.439 e. The number of nitrogens with zero attached hydrogens (tertiary/aromatic N) is 2. The first-order valence-electron chi connectivity index (χ1n) is 3.36. The molecule has 6 nitrogen and oxygen atoms in total. The van der Waals surface area contributed by atoms with E-state index in [0.29, 0.717) is 15.9 Å². The molecule has 0 atom stereocenters. The molecular formula is C6H5N3O3S. The fraction of sp³-hybridized carbons (Fsp3) is 0.167. The molecule has 7 heteroatoms. The Balaban J connectivity index is 2.40. The zero-order chi connectivity index (χ0) is 9.26. The van der Waals surface area contributed by atoms with Crippen molar-refractivity contribution in [2.75, 3.05) is 7.11 Å². The second-order valence-corrected chi connectivity index (χ2v) is 3.13. The summed E-state index contributed by atoms with van der Waals surface area (Å²) in [6.45, 7) is 0. The van der Waals surface area contributed by atoms with Crippen molar-refractivity contribution in [2.45, 2.75) is 0 Å². The molecule has 0 spiro atoms. The minimum Gasteiger partial charge on any atom is -0.473 e. The third kappa shape index (κ3) is 1.45. The molecular weight excluding hydrogens is 194 g/mol. The van der Waals surface area contributed by atoms with Crippen LogP contribution in [0.25, 0.3) is 10.7 Å². The summed E-state index contributed by atoms with van der Waals surface area (Å²) in [6, 6.07) is 0. The number of aromatic amines is 1. The maximum Gasteiger partial charge on any atom is 0.439 e. The molecule has 0 radical (unpaired) electrons. The van der Waals surface area contributed by atoms with Gasteiger partial charge in [0.05, 0.1) is 18.2 Å². The van der Waals surface area contributed by atoms with Gasteiger partial charge in [0.2, 0.25) is 0 Å². The standard InChI is InChI=1S/C6H5N3O3S/c1-11-6-7-2-3(13-6)4-8-5(10)12-9-4/h2H,1H3,(H,8,9,10). The van der Waals surface area contributed by atoms with E-state index in [1.165, 1.54) is 18.4 Å². The van der Waals surface area contributed by atoms with Gasteiger partial charge in [-0.1, -0.05) is 16.5 Å². The lowest BCUT2D eigenvalue weighted by Crippen LogP contribution is -1.94. The second-order valence-electron chi connectivity index (χ2n) is 2.14. The SMILES string of the molecule is COc1ncc(-c2noc(=O)[nH]2)s1. The highest BCUT2D eigenvalue weighted by Crippen LogP contribution is 2.26. The van der Waals surface area contributed by atoms with Gasteiger partial charge in [-0.3, -0.25) is 9.51 Å². The first-order chi connectivity index (χ1) is 6.29. The summed E-state index contributed by atoms with van der Waals surface area (Å²) >= 11 is 1.27. The van der Waals surface area contributed by atoms with E-state index >= 15 is 0 Å². The Hall–Kier alpha value is -1.63. The number of rotatable bonds is 2. The second kappa shape index (κ2) is 3.02. The Morgan fingerprint density at radius 3 is 3.08 bits per heavy atom. The van der Waals surface area contributed by atoms with Crippen LogP contribution in [0.15, 0.2) is 15.5 Å². The maximum atomic E-state index is 10.6. The van der Waals surface area contributed by atoms with Crippen molar-refractivity contribution in [2.24, 2.45) is 0 Å². The maximum absolute atomic E-state index is 10.6. The van der Waals surface area contributed by atoms with E-state index in [2.05, 4.69) is 19.6 Å². The van der Waals surface area contributed by atoms with Gasteiger partial charge in [-0.15, -0.1) is 0 Å². The summed E-state index contributed by atoms with van der Waals surface area (Å²) in [5.74, 6) is -0.215. The van der Waals surface area contributed by atoms with Gasteiger partial charge in [-0.25, -0.2) is 9.78 Å². The molecule has 0 fully saturated rings. The topological polar surface area (TPSA) is 81.0 Å². The van der Waals surface area contributed by atoms with E-state index in [1.807, 2.05) is 0 Å². The van der Waals surface area contributed by atoms with E-state index in [0.717, 1.165) is 0 Å². The summed E-state index contributed by atoms with van der Waals surface area (Å²) in [5, 5.41) is 4.02. The Kier molecular flexibility index (Phi) is 1.85. The molecule has 0 saturated heterocycles. The van der Waals surface area contributed by atoms with Crippen LogP contribution in [-0.2, 0) is 0 Å². The number of nitrogens with one attached hydrogen (secondary N) is 1. The monoisotopic (exact) mass is 199 g/mol. The minimum atomic E-state index is -0.581. The first-order valence-corrected chi connectivity index (χ1v) is 4.17. The van der Waals surface area contributed by atoms with Gasteiger partial charge in [0, 0.05) is 0 Å². The number of hydrogen-bond acceptors (Lipinski definition) is 6. The highest BCUT2D eigenvalue weighted by atomic mass is 32.1. The number of methoxy groups -OCH3 is 1. The van der Waals surface area contributed by atoms with Crippen LogP contribution in [0.1, 0.15) is 0 Å². The molecule has 1 N–H and O–H groups in total. The van der Waals surface area contributed by atoms with Crippen molar-refractivity contribution < 1.29 is 9.26 Å². The molecule has 0 aliphatic rings. The van der Waals surface area contributed by atoms with Crippen LogP contribution < -0.4 is 10.5 Å². The number of H-pyrrole nitrogens is 1. The van der Waals surface area contributed by atoms with Crippen LogP contribution in [0.2, 0.25) is 0 Å². The quantitative estimate of drug-likeness (QED) is 0.761. The van der Waals surface area contributed by atoms with Crippen LogP contribution >= 0.6 is 11.3 Å². The van der Waals surface area contributed by atoms with Crippen molar-refractivity contribution in [1.29, 1.82) is 0 Å². The van der Waals surface area contributed by atoms with Crippen LogP contribution in [0, 0.1) is 0 Å². The summed E-state index contributed by atoms with van der Waals surface area (Å²) in [4.78, 5) is 17.6. The van der Waals surface area contributed by atoms with Crippen LogP contribution in [0.4, 0.5) is 0 Å². The van der Waals surface area contributed by atoms with Crippen molar-refractivity contribution in [3.63, 3.8) is 0 Å². The Bertz CT molecular complexity index is 457. The molecule has 0 amide bonds.